The monoisotopic (exact) mass is 194 g/mol. The summed E-state index contributed by atoms with van der Waals surface area (Å²) in [5, 5.41) is 0. The van der Waals surface area contributed by atoms with E-state index in [0.29, 0.717) is 5.92 Å². The summed E-state index contributed by atoms with van der Waals surface area (Å²) in [6.07, 6.45) is 5.40. The molecule has 78 valence electrons. The van der Waals surface area contributed by atoms with E-state index in [0.717, 1.165) is 19.3 Å². The highest BCUT2D eigenvalue weighted by Gasteiger charge is 2.50. The summed E-state index contributed by atoms with van der Waals surface area (Å²) in [4.78, 5) is 11.9. The lowest BCUT2D eigenvalue weighted by Gasteiger charge is -2.30. The normalized spacial score (nSPS) is 34.9. The predicted molar refractivity (Wildman–Crippen MR) is 54.8 cm³/mol. The van der Waals surface area contributed by atoms with Crippen LogP contribution in [-0.2, 0) is 9.53 Å². The fourth-order valence-electron chi connectivity index (χ4n) is 2.63. The molecule has 0 N–H and O–H groups in total. The SMILES string of the molecule is CC(C)OC(=O)C1(C)CC2=CCC1C2. The second-order valence-corrected chi connectivity index (χ2v) is 5.05. The Hall–Kier alpha value is -0.790. The highest BCUT2D eigenvalue weighted by Crippen LogP contribution is 2.53. The van der Waals surface area contributed by atoms with Crippen molar-refractivity contribution >= 4 is 5.97 Å². The molecule has 0 heterocycles. The first-order valence-corrected chi connectivity index (χ1v) is 5.41. The van der Waals surface area contributed by atoms with Crippen LogP contribution in [0, 0.1) is 11.3 Å². The highest BCUT2D eigenvalue weighted by molar-refractivity contribution is 5.78. The Balaban J connectivity index is 2.10. The first-order chi connectivity index (χ1) is 6.52. The van der Waals surface area contributed by atoms with Gasteiger partial charge in [0.05, 0.1) is 11.5 Å². The summed E-state index contributed by atoms with van der Waals surface area (Å²) in [5.74, 6) is 0.504. The van der Waals surface area contributed by atoms with Crippen LogP contribution in [0.3, 0.4) is 0 Å². The molecule has 0 aromatic carbocycles. The molecule has 14 heavy (non-hydrogen) atoms. The van der Waals surface area contributed by atoms with Gasteiger partial charge in [0.15, 0.2) is 0 Å². The van der Waals surface area contributed by atoms with Crippen molar-refractivity contribution in [3.63, 3.8) is 0 Å². The fraction of sp³-hybridized carbons (Fsp3) is 0.750. The van der Waals surface area contributed by atoms with E-state index in [1.54, 1.807) is 0 Å². The average Bonchev–Trinajstić information content (AvgIpc) is 2.62. The van der Waals surface area contributed by atoms with E-state index >= 15 is 0 Å². The molecule has 2 nitrogen and oxygen atoms in total. The Morgan fingerprint density at radius 3 is 2.79 bits per heavy atom. The molecule has 2 rings (SSSR count). The second-order valence-electron chi connectivity index (χ2n) is 5.05. The van der Waals surface area contributed by atoms with Crippen molar-refractivity contribution in [3.05, 3.63) is 11.6 Å². The number of esters is 1. The van der Waals surface area contributed by atoms with Crippen LogP contribution in [0.4, 0.5) is 0 Å². The molecule has 0 aromatic heterocycles. The highest BCUT2D eigenvalue weighted by atomic mass is 16.5. The Morgan fingerprint density at radius 1 is 1.64 bits per heavy atom. The van der Waals surface area contributed by atoms with Crippen molar-refractivity contribution in [2.45, 2.75) is 46.1 Å². The number of ether oxygens (including phenoxy) is 1. The van der Waals surface area contributed by atoms with Gasteiger partial charge in [-0.05, 0) is 46.0 Å². The molecular formula is C12H18O2. The Kier molecular flexibility index (Phi) is 2.17. The second kappa shape index (κ2) is 3.11. The zero-order valence-corrected chi connectivity index (χ0v) is 9.17. The molecule has 2 aliphatic rings. The third kappa shape index (κ3) is 1.37. The fourth-order valence-corrected chi connectivity index (χ4v) is 2.63. The smallest absolute Gasteiger partial charge is 0.312 e. The molecule has 0 amide bonds. The Bertz CT molecular complexity index is 291. The van der Waals surface area contributed by atoms with E-state index in [-0.39, 0.29) is 17.5 Å². The van der Waals surface area contributed by atoms with Gasteiger partial charge in [0.1, 0.15) is 0 Å². The van der Waals surface area contributed by atoms with E-state index in [4.69, 9.17) is 4.74 Å². The van der Waals surface area contributed by atoms with Gasteiger partial charge in [-0.15, -0.1) is 0 Å². The zero-order valence-electron chi connectivity index (χ0n) is 9.17. The molecule has 2 aliphatic carbocycles. The van der Waals surface area contributed by atoms with E-state index < -0.39 is 0 Å². The van der Waals surface area contributed by atoms with Crippen LogP contribution in [0.15, 0.2) is 11.6 Å². The average molecular weight is 194 g/mol. The van der Waals surface area contributed by atoms with Gasteiger partial charge in [-0.25, -0.2) is 0 Å². The lowest BCUT2D eigenvalue weighted by atomic mass is 9.77. The number of carbonyl (C=O) groups excluding carboxylic acids is 1. The van der Waals surface area contributed by atoms with Crippen LogP contribution in [0.25, 0.3) is 0 Å². The maximum Gasteiger partial charge on any atom is 0.312 e. The van der Waals surface area contributed by atoms with Crippen molar-refractivity contribution in [2.24, 2.45) is 11.3 Å². The number of allylic oxidation sites excluding steroid dienone is 2. The van der Waals surface area contributed by atoms with Crippen LogP contribution in [0.1, 0.15) is 40.0 Å². The van der Waals surface area contributed by atoms with Crippen LogP contribution in [0.5, 0.6) is 0 Å². The van der Waals surface area contributed by atoms with Crippen LogP contribution in [-0.4, -0.2) is 12.1 Å². The van der Waals surface area contributed by atoms with Gasteiger partial charge in [-0.3, -0.25) is 4.79 Å². The van der Waals surface area contributed by atoms with Crippen LogP contribution < -0.4 is 0 Å². The summed E-state index contributed by atoms with van der Waals surface area (Å²) < 4.78 is 5.32. The minimum atomic E-state index is -0.228. The number of hydrogen-bond acceptors (Lipinski definition) is 2. The standard InChI is InChI=1S/C12H18O2/c1-8(2)14-11(13)12(3)7-9-4-5-10(12)6-9/h4,8,10H,5-7H2,1-3H3. The summed E-state index contributed by atoms with van der Waals surface area (Å²) in [7, 11) is 0. The molecule has 0 radical (unpaired) electrons. The summed E-state index contributed by atoms with van der Waals surface area (Å²) in [5.41, 5.74) is 1.23. The summed E-state index contributed by atoms with van der Waals surface area (Å²) in [6.45, 7) is 5.88. The van der Waals surface area contributed by atoms with Gasteiger partial charge in [0.2, 0.25) is 0 Å². The first kappa shape index (κ1) is 9.75. The number of hydrogen-bond donors (Lipinski definition) is 0. The lowest BCUT2D eigenvalue weighted by molar-refractivity contribution is -0.161. The van der Waals surface area contributed by atoms with Gasteiger partial charge in [-0.2, -0.15) is 0 Å². The van der Waals surface area contributed by atoms with Crippen LogP contribution >= 0.6 is 0 Å². The van der Waals surface area contributed by atoms with Gasteiger partial charge in [0, 0.05) is 0 Å². The Morgan fingerprint density at radius 2 is 2.36 bits per heavy atom. The van der Waals surface area contributed by atoms with Gasteiger partial charge in [0.25, 0.3) is 0 Å². The molecule has 1 saturated carbocycles. The quantitative estimate of drug-likeness (QED) is 0.499. The minimum absolute atomic E-state index is 0.000556. The largest absolute Gasteiger partial charge is 0.463 e. The molecule has 2 unspecified atom stereocenters. The molecule has 0 aromatic rings. The molecule has 1 fully saturated rings. The number of fused-ring (bicyclic) bond motifs is 2. The van der Waals surface area contributed by atoms with Gasteiger partial charge in [-0.1, -0.05) is 11.6 Å². The first-order valence-electron chi connectivity index (χ1n) is 5.41. The number of rotatable bonds is 2. The van der Waals surface area contributed by atoms with Crippen molar-refractivity contribution in [1.82, 2.24) is 0 Å². The third-order valence-corrected chi connectivity index (χ3v) is 3.50. The molecule has 2 heteroatoms. The van der Waals surface area contributed by atoms with Gasteiger partial charge < -0.3 is 4.74 Å². The molecule has 0 saturated heterocycles. The molecule has 2 bridgehead atoms. The number of carbonyl (C=O) groups is 1. The van der Waals surface area contributed by atoms with Crippen molar-refractivity contribution in [2.75, 3.05) is 0 Å². The van der Waals surface area contributed by atoms with Crippen LogP contribution in [0.2, 0.25) is 0 Å². The topological polar surface area (TPSA) is 26.3 Å². The molecule has 0 aliphatic heterocycles. The maximum atomic E-state index is 11.9. The third-order valence-electron chi connectivity index (χ3n) is 3.50. The summed E-state index contributed by atoms with van der Waals surface area (Å²) >= 11 is 0. The van der Waals surface area contributed by atoms with Gasteiger partial charge >= 0.3 is 5.97 Å². The Labute approximate surface area is 85.3 Å². The minimum Gasteiger partial charge on any atom is -0.463 e. The van der Waals surface area contributed by atoms with Crippen molar-refractivity contribution < 1.29 is 9.53 Å². The van der Waals surface area contributed by atoms with Crippen molar-refractivity contribution in [3.8, 4) is 0 Å². The maximum absolute atomic E-state index is 11.9. The predicted octanol–water partition coefficient (Wildman–Crippen LogP) is 2.68. The zero-order chi connectivity index (χ0) is 10.3. The molecule has 0 spiro atoms. The van der Waals surface area contributed by atoms with E-state index in [1.807, 2.05) is 13.8 Å². The van der Waals surface area contributed by atoms with E-state index in [2.05, 4.69) is 13.0 Å². The molecular weight excluding hydrogens is 176 g/mol. The lowest BCUT2D eigenvalue weighted by Crippen LogP contribution is -2.35. The van der Waals surface area contributed by atoms with Crippen molar-refractivity contribution in [1.29, 1.82) is 0 Å². The molecule has 2 atom stereocenters. The summed E-state index contributed by atoms with van der Waals surface area (Å²) in [6, 6.07) is 0. The van der Waals surface area contributed by atoms with E-state index in [1.165, 1.54) is 5.57 Å². The van der Waals surface area contributed by atoms with E-state index in [9.17, 15) is 4.79 Å².